The Balaban J connectivity index is 1.74. The maximum absolute atomic E-state index is 11.9. The number of urea groups is 1. The van der Waals surface area contributed by atoms with Gasteiger partial charge in [0.1, 0.15) is 5.69 Å². The van der Waals surface area contributed by atoms with E-state index in [9.17, 15) is 9.59 Å². The van der Waals surface area contributed by atoms with E-state index in [2.05, 4.69) is 10.3 Å². The Morgan fingerprint density at radius 3 is 3.00 bits per heavy atom. The van der Waals surface area contributed by atoms with Gasteiger partial charge in [-0.3, -0.25) is 4.79 Å². The van der Waals surface area contributed by atoms with Crippen LogP contribution in [0.15, 0.2) is 6.33 Å². The Morgan fingerprint density at radius 1 is 1.47 bits per heavy atom. The largest absolute Gasteiger partial charge is 0.335 e. The van der Waals surface area contributed by atoms with Gasteiger partial charge in [-0.1, -0.05) is 0 Å². The van der Waals surface area contributed by atoms with Gasteiger partial charge in [-0.2, -0.15) is 0 Å². The van der Waals surface area contributed by atoms with Crippen molar-refractivity contribution in [1.29, 1.82) is 0 Å². The second kappa shape index (κ2) is 3.87. The molecule has 1 aromatic rings. The summed E-state index contributed by atoms with van der Waals surface area (Å²) in [6.07, 6.45) is 4.57. The molecule has 17 heavy (non-hydrogen) atoms. The monoisotopic (exact) mass is 234 g/mol. The van der Waals surface area contributed by atoms with Crippen LogP contribution in [0, 0.1) is 0 Å². The van der Waals surface area contributed by atoms with Crippen molar-refractivity contribution in [3.05, 3.63) is 17.7 Å². The normalized spacial score (nSPS) is 18.7. The van der Waals surface area contributed by atoms with Gasteiger partial charge in [-0.25, -0.2) is 9.78 Å². The fourth-order valence-corrected chi connectivity index (χ4v) is 2.04. The van der Waals surface area contributed by atoms with Crippen LogP contribution >= 0.6 is 0 Å². The number of nitrogens with one attached hydrogen (secondary N) is 1. The smallest absolute Gasteiger partial charge is 0.318 e. The quantitative estimate of drug-likeness (QED) is 0.752. The first-order valence-electron chi connectivity index (χ1n) is 5.82. The van der Waals surface area contributed by atoms with Gasteiger partial charge in [0, 0.05) is 19.1 Å². The number of rotatable bonds is 2. The average molecular weight is 234 g/mol. The molecule has 0 aromatic carbocycles. The minimum absolute atomic E-state index is 0.0307. The van der Waals surface area contributed by atoms with E-state index in [4.69, 9.17) is 0 Å². The molecule has 6 nitrogen and oxygen atoms in total. The van der Waals surface area contributed by atoms with Crippen LogP contribution in [0.5, 0.6) is 0 Å². The molecule has 0 atom stereocenters. The van der Waals surface area contributed by atoms with Gasteiger partial charge in [-0.15, -0.1) is 0 Å². The summed E-state index contributed by atoms with van der Waals surface area (Å²) < 4.78 is 1.94. The molecule has 0 saturated heterocycles. The van der Waals surface area contributed by atoms with Gasteiger partial charge in [0.15, 0.2) is 6.29 Å². The zero-order valence-corrected chi connectivity index (χ0v) is 9.43. The average Bonchev–Trinajstić information content (AvgIpc) is 3.06. The Morgan fingerprint density at radius 2 is 2.29 bits per heavy atom. The summed E-state index contributed by atoms with van der Waals surface area (Å²) in [5, 5.41) is 2.95. The molecule has 2 amide bonds. The van der Waals surface area contributed by atoms with E-state index in [1.807, 2.05) is 4.57 Å². The molecule has 0 spiro atoms. The van der Waals surface area contributed by atoms with Gasteiger partial charge >= 0.3 is 6.03 Å². The number of aromatic nitrogens is 2. The van der Waals surface area contributed by atoms with Gasteiger partial charge in [0.25, 0.3) is 0 Å². The molecule has 3 rings (SSSR count). The molecule has 1 saturated carbocycles. The Kier molecular flexibility index (Phi) is 2.35. The van der Waals surface area contributed by atoms with Crippen molar-refractivity contribution in [2.24, 2.45) is 0 Å². The predicted octanol–water partition coefficient (Wildman–Crippen LogP) is 0.383. The number of carbonyl (C=O) groups is 2. The molecule has 0 radical (unpaired) electrons. The molecule has 1 aliphatic heterocycles. The molecule has 0 unspecified atom stereocenters. The fourth-order valence-electron chi connectivity index (χ4n) is 2.04. The number of amides is 2. The van der Waals surface area contributed by atoms with Crippen molar-refractivity contribution >= 4 is 12.3 Å². The van der Waals surface area contributed by atoms with Crippen molar-refractivity contribution in [2.75, 3.05) is 6.54 Å². The summed E-state index contributed by atoms with van der Waals surface area (Å²) in [6, 6.07) is 0.330. The second-order valence-electron chi connectivity index (χ2n) is 4.53. The highest BCUT2D eigenvalue weighted by molar-refractivity contribution is 5.77. The Bertz CT molecular complexity index is 464. The molecule has 2 aliphatic rings. The van der Waals surface area contributed by atoms with E-state index in [1.54, 1.807) is 11.2 Å². The lowest BCUT2D eigenvalue weighted by molar-refractivity contribution is 0.111. The van der Waals surface area contributed by atoms with Crippen molar-refractivity contribution in [3.8, 4) is 0 Å². The SMILES string of the molecule is O=Cc1ncn2c1CN(C(=O)NC1CC1)CC2. The van der Waals surface area contributed by atoms with Crippen LogP contribution in [0.4, 0.5) is 4.79 Å². The van der Waals surface area contributed by atoms with Crippen LogP contribution in [0.2, 0.25) is 0 Å². The van der Waals surface area contributed by atoms with E-state index in [1.165, 1.54) is 0 Å². The third kappa shape index (κ3) is 1.90. The van der Waals surface area contributed by atoms with E-state index in [0.717, 1.165) is 24.8 Å². The van der Waals surface area contributed by atoms with Gasteiger partial charge in [-0.05, 0) is 12.8 Å². The number of fused-ring (bicyclic) bond motifs is 1. The molecular weight excluding hydrogens is 220 g/mol. The molecule has 1 N–H and O–H groups in total. The minimum atomic E-state index is -0.0307. The summed E-state index contributed by atoms with van der Waals surface area (Å²) >= 11 is 0. The Labute approximate surface area is 98.6 Å². The maximum Gasteiger partial charge on any atom is 0.318 e. The number of imidazole rings is 1. The van der Waals surface area contributed by atoms with Gasteiger partial charge in [0.2, 0.25) is 0 Å². The summed E-state index contributed by atoms with van der Waals surface area (Å²) in [5.74, 6) is 0. The lowest BCUT2D eigenvalue weighted by Crippen LogP contribution is -2.44. The fraction of sp³-hybridized carbons (Fsp3) is 0.545. The van der Waals surface area contributed by atoms with E-state index >= 15 is 0 Å². The highest BCUT2D eigenvalue weighted by atomic mass is 16.2. The van der Waals surface area contributed by atoms with Gasteiger partial charge < -0.3 is 14.8 Å². The zero-order valence-electron chi connectivity index (χ0n) is 9.43. The number of hydrogen-bond acceptors (Lipinski definition) is 3. The van der Waals surface area contributed by atoms with Crippen LogP contribution in [0.3, 0.4) is 0 Å². The lowest BCUT2D eigenvalue weighted by atomic mass is 10.2. The van der Waals surface area contributed by atoms with E-state index in [0.29, 0.717) is 31.4 Å². The van der Waals surface area contributed by atoms with Crippen LogP contribution in [0.1, 0.15) is 29.0 Å². The molecule has 90 valence electrons. The minimum Gasteiger partial charge on any atom is -0.335 e. The molecule has 1 aliphatic carbocycles. The number of nitrogens with zero attached hydrogens (tertiary/aromatic N) is 3. The van der Waals surface area contributed by atoms with Crippen LogP contribution < -0.4 is 5.32 Å². The lowest BCUT2D eigenvalue weighted by Gasteiger charge is -2.28. The zero-order chi connectivity index (χ0) is 11.8. The first kappa shape index (κ1) is 10.3. The maximum atomic E-state index is 11.9. The molecule has 1 fully saturated rings. The van der Waals surface area contributed by atoms with Crippen molar-refractivity contribution in [3.63, 3.8) is 0 Å². The summed E-state index contributed by atoms with van der Waals surface area (Å²) in [6.45, 7) is 1.83. The topological polar surface area (TPSA) is 67.2 Å². The van der Waals surface area contributed by atoms with Crippen LogP contribution in [-0.2, 0) is 13.1 Å². The molecule has 0 bridgehead atoms. The van der Waals surface area contributed by atoms with Crippen molar-refractivity contribution < 1.29 is 9.59 Å². The molecule has 6 heteroatoms. The third-order valence-corrected chi connectivity index (χ3v) is 3.23. The first-order chi connectivity index (χ1) is 8.28. The predicted molar refractivity (Wildman–Crippen MR) is 59.6 cm³/mol. The number of carbonyl (C=O) groups excluding carboxylic acids is 2. The van der Waals surface area contributed by atoms with Gasteiger partial charge in [0.05, 0.1) is 18.6 Å². The standard InChI is InChI=1S/C11H14N4O2/c16-6-9-10-5-14(3-4-15(10)7-12-9)11(17)13-8-1-2-8/h6-8H,1-5H2,(H,13,17). The van der Waals surface area contributed by atoms with E-state index < -0.39 is 0 Å². The van der Waals surface area contributed by atoms with Crippen molar-refractivity contribution in [1.82, 2.24) is 19.8 Å². The van der Waals surface area contributed by atoms with E-state index in [-0.39, 0.29) is 6.03 Å². The van der Waals surface area contributed by atoms with Crippen LogP contribution in [0.25, 0.3) is 0 Å². The highest BCUT2D eigenvalue weighted by Crippen LogP contribution is 2.20. The van der Waals surface area contributed by atoms with Crippen LogP contribution in [-0.4, -0.2) is 39.4 Å². The van der Waals surface area contributed by atoms with Crippen molar-refractivity contribution in [2.45, 2.75) is 32.0 Å². The first-order valence-corrected chi connectivity index (χ1v) is 5.82. The number of hydrogen-bond donors (Lipinski definition) is 1. The highest BCUT2D eigenvalue weighted by Gasteiger charge is 2.28. The second-order valence-corrected chi connectivity index (χ2v) is 4.53. The molecule has 1 aromatic heterocycles. The summed E-state index contributed by atoms with van der Waals surface area (Å²) in [4.78, 5) is 28.4. The summed E-state index contributed by atoms with van der Waals surface area (Å²) in [7, 11) is 0. The molecular formula is C11H14N4O2. The number of aldehydes is 1. The Hall–Kier alpha value is -1.85. The molecule has 2 heterocycles. The third-order valence-electron chi connectivity index (χ3n) is 3.23. The summed E-state index contributed by atoms with van der Waals surface area (Å²) in [5.41, 5.74) is 1.27.